The molecule has 1 heterocycles. The first-order chi connectivity index (χ1) is 6.46. The van der Waals surface area contributed by atoms with Crippen molar-refractivity contribution in [1.29, 1.82) is 0 Å². The second kappa shape index (κ2) is 3.28. The van der Waals surface area contributed by atoms with Crippen LogP contribution in [-0.2, 0) is 9.59 Å². The van der Waals surface area contributed by atoms with E-state index in [0.29, 0.717) is 6.29 Å². The predicted octanol–water partition coefficient (Wildman–Crippen LogP) is 0.0285. The van der Waals surface area contributed by atoms with Crippen LogP contribution in [0.4, 0.5) is 4.79 Å². The number of aliphatic carboxylic acids is 1. The molecule has 0 aliphatic carbocycles. The molecular formula is C8H11NO5. The van der Waals surface area contributed by atoms with Crippen molar-refractivity contribution in [2.75, 3.05) is 6.54 Å². The summed E-state index contributed by atoms with van der Waals surface area (Å²) in [4.78, 5) is 32.8. The van der Waals surface area contributed by atoms with E-state index in [-0.39, 0.29) is 18.9 Å². The van der Waals surface area contributed by atoms with Gasteiger partial charge in [-0.2, -0.15) is 0 Å². The third kappa shape index (κ3) is 1.14. The van der Waals surface area contributed by atoms with E-state index in [1.807, 2.05) is 0 Å². The van der Waals surface area contributed by atoms with Crippen LogP contribution in [0.25, 0.3) is 0 Å². The van der Waals surface area contributed by atoms with Gasteiger partial charge in [-0.15, -0.1) is 0 Å². The lowest BCUT2D eigenvalue weighted by Gasteiger charge is -2.52. The molecule has 0 bridgehead atoms. The maximum absolute atomic E-state index is 11.0. The van der Waals surface area contributed by atoms with Gasteiger partial charge in [0.1, 0.15) is 6.29 Å². The Hall–Kier alpha value is -1.59. The Labute approximate surface area is 80.1 Å². The molecule has 1 aliphatic heterocycles. The zero-order valence-electron chi connectivity index (χ0n) is 7.64. The lowest BCUT2D eigenvalue weighted by atomic mass is 9.73. The molecule has 14 heavy (non-hydrogen) atoms. The van der Waals surface area contributed by atoms with Crippen molar-refractivity contribution in [3.05, 3.63) is 0 Å². The second-order valence-corrected chi connectivity index (χ2v) is 3.39. The molecule has 1 rings (SSSR count). The van der Waals surface area contributed by atoms with Crippen LogP contribution in [0.1, 0.15) is 13.3 Å². The molecule has 2 unspecified atom stereocenters. The molecule has 1 fully saturated rings. The van der Waals surface area contributed by atoms with E-state index in [9.17, 15) is 14.4 Å². The maximum Gasteiger partial charge on any atom is 0.408 e. The fraction of sp³-hybridized carbons (Fsp3) is 0.625. The summed E-state index contributed by atoms with van der Waals surface area (Å²) in [6.45, 7) is 1.78. The Morgan fingerprint density at radius 1 is 1.57 bits per heavy atom. The van der Waals surface area contributed by atoms with Crippen molar-refractivity contribution in [1.82, 2.24) is 4.90 Å². The van der Waals surface area contributed by atoms with E-state index in [0.717, 1.165) is 4.90 Å². The van der Waals surface area contributed by atoms with Crippen molar-refractivity contribution in [2.45, 2.75) is 18.9 Å². The standard InChI is InChI=1S/C8H11NO5/c1-5-4-9(7(13)14)8(5,2-3-10)6(11)12/h3,5H,2,4H2,1H3,(H,11,12)(H,13,14). The smallest absolute Gasteiger partial charge is 0.408 e. The largest absolute Gasteiger partial charge is 0.479 e. The van der Waals surface area contributed by atoms with Gasteiger partial charge < -0.3 is 15.0 Å². The van der Waals surface area contributed by atoms with E-state index in [4.69, 9.17) is 10.2 Å². The molecule has 6 nitrogen and oxygen atoms in total. The number of carbonyl (C=O) groups is 3. The Kier molecular flexibility index (Phi) is 2.46. The number of hydrogen-bond acceptors (Lipinski definition) is 3. The summed E-state index contributed by atoms with van der Waals surface area (Å²) in [5.41, 5.74) is -1.55. The first-order valence-electron chi connectivity index (χ1n) is 4.14. The average molecular weight is 201 g/mol. The summed E-state index contributed by atoms with van der Waals surface area (Å²) in [5, 5.41) is 17.6. The molecule has 78 valence electrons. The molecule has 1 saturated heterocycles. The fourth-order valence-corrected chi connectivity index (χ4v) is 1.84. The van der Waals surface area contributed by atoms with E-state index >= 15 is 0 Å². The fourth-order valence-electron chi connectivity index (χ4n) is 1.84. The molecule has 0 saturated carbocycles. The highest BCUT2D eigenvalue weighted by atomic mass is 16.4. The predicted molar refractivity (Wildman–Crippen MR) is 44.9 cm³/mol. The zero-order chi connectivity index (χ0) is 10.9. The molecule has 6 heteroatoms. The molecule has 2 atom stereocenters. The minimum atomic E-state index is -1.55. The molecule has 0 aromatic heterocycles. The van der Waals surface area contributed by atoms with Gasteiger partial charge >= 0.3 is 12.1 Å². The Balaban J connectivity index is 2.99. The van der Waals surface area contributed by atoms with Crippen LogP contribution in [-0.4, -0.2) is 45.5 Å². The second-order valence-electron chi connectivity index (χ2n) is 3.39. The number of carboxylic acid groups (broad SMARTS) is 2. The van der Waals surface area contributed by atoms with Gasteiger partial charge in [-0.05, 0) is 0 Å². The third-order valence-electron chi connectivity index (χ3n) is 2.75. The molecule has 0 spiro atoms. The Morgan fingerprint density at radius 3 is 2.43 bits per heavy atom. The van der Waals surface area contributed by atoms with Gasteiger partial charge in [-0.1, -0.05) is 6.92 Å². The van der Waals surface area contributed by atoms with Crippen LogP contribution in [0, 0.1) is 5.92 Å². The van der Waals surface area contributed by atoms with Gasteiger partial charge in [-0.3, -0.25) is 4.90 Å². The van der Waals surface area contributed by atoms with Gasteiger partial charge in [0.05, 0.1) is 0 Å². The van der Waals surface area contributed by atoms with Crippen LogP contribution >= 0.6 is 0 Å². The van der Waals surface area contributed by atoms with E-state index < -0.39 is 17.6 Å². The molecule has 1 amide bonds. The number of carboxylic acids is 1. The summed E-state index contributed by atoms with van der Waals surface area (Å²) in [5.74, 6) is -1.59. The van der Waals surface area contributed by atoms with E-state index in [1.54, 1.807) is 6.92 Å². The quantitative estimate of drug-likeness (QED) is 0.628. The summed E-state index contributed by atoms with van der Waals surface area (Å²) < 4.78 is 0. The number of likely N-dealkylation sites (tertiary alicyclic amines) is 1. The van der Waals surface area contributed by atoms with Crippen LogP contribution in [0.15, 0.2) is 0 Å². The number of aldehydes is 1. The summed E-state index contributed by atoms with van der Waals surface area (Å²) in [6, 6.07) is 0. The normalized spacial score (nSPS) is 30.6. The minimum absolute atomic E-state index is 0.162. The summed E-state index contributed by atoms with van der Waals surface area (Å²) >= 11 is 0. The van der Waals surface area contributed by atoms with Gasteiger partial charge in [0.25, 0.3) is 0 Å². The number of amides is 1. The molecule has 1 aliphatic rings. The molecule has 0 aromatic rings. The van der Waals surface area contributed by atoms with Crippen molar-refractivity contribution in [3.8, 4) is 0 Å². The van der Waals surface area contributed by atoms with Crippen molar-refractivity contribution in [2.24, 2.45) is 5.92 Å². The zero-order valence-corrected chi connectivity index (χ0v) is 7.64. The van der Waals surface area contributed by atoms with Gasteiger partial charge in [-0.25, -0.2) is 9.59 Å². The van der Waals surface area contributed by atoms with Crippen molar-refractivity contribution < 1.29 is 24.6 Å². The average Bonchev–Trinajstić information content (AvgIpc) is 2.08. The highest BCUT2D eigenvalue weighted by Gasteiger charge is 2.59. The van der Waals surface area contributed by atoms with Crippen LogP contribution in [0.5, 0.6) is 0 Å². The number of rotatable bonds is 3. The van der Waals surface area contributed by atoms with Gasteiger partial charge in [0.15, 0.2) is 5.54 Å². The van der Waals surface area contributed by atoms with Gasteiger partial charge in [0, 0.05) is 18.9 Å². The molecule has 2 N–H and O–H groups in total. The van der Waals surface area contributed by atoms with Gasteiger partial charge in [0.2, 0.25) is 0 Å². The highest BCUT2D eigenvalue weighted by molar-refractivity contribution is 5.89. The topological polar surface area (TPSA) is 94.9 Å². The molecule has 0 aromatic carbocycles. The monoisotopic (exact) mass is 201 g/mol. The summed E-state index contributed by atoms with van der Waals surface area (Å²) in [6.07, 6.45) is -1.15. The van der Waals surface area contributed by atoms with Crippen LogP contribution < -0.4 is 0 Å². The highest BCUT2D eigenvalue weighted by Crippen LogP contribution is 2.39. The van der Waals surface area contributed by atoms with Crippen molar-refractivity contribution >= 4 is 18.3 Å². The van der Waals surface area contributed by atoms with Crippen molar-refractivity contribution in [3.63, 3.8) is 0 Å². The third-order valence-corrected chi connectivity index (χ3v) is 2.75. The lowest BCUT2D eigenvalue weighted by molar-refractivity contribution is -0.168. The van der Waals surface area contributed by atoms with Crippen LogP contribution in [0.3, 0.4) is 0 Å². The maximum atomic E-state index is 11.0. The Morgan fingerprint density at radius 2 is 2.14 bits per heavy atom. The minimum Gasteiger partial charge on any atom is -0.479 e. The first-order valence-corrected chi connectivity index (χ1v) is 4.14. The molecular weight excluding hydrogens is 190 g/mol. The number of hydrogen-bond donors (Lipinski definition) is 2. The molecule has 0 radical (unpaired) electrons. The number of nitrogens with zero attached hydrogens (tertiary/aromatic N) is 1. The van der Waals surface area contributed by atoms with Crippen LogP contribution in [0.2, 0.25) is 0 Å². The van der Waals surface area contributed by atoms with E-state index in [2.05, 4.69) is 0 Å². The SMILES string of the molecule is CC1CN(C(=O)O)C1(CC=O)C(=O)O. The van der Waals surface area contributed by atoms with E-state index in [1.165, 1.54) is 0 Å². The lowest BCUT2D eigenvalue weighted by Crippen LogP contribution is -2.72. The Bertz CT molecular complexity index is 289. The summed E-state index contributed by atoms with van der Waals surface area (Å²) in [7, 11) is 0. The number of carbonyl (C=O) groups excluding carboxylic acids is 1. The first kappa shape index (κ1) is 10.5.